The van der Waals surface area contributed by atoms with Gasteiger partial charge in [-0.3, -0.25) is 4.79 Å². The van der Waals surface area contributed by atoms with Crippen molar-refractivity contribution in [1.29, 1.82) is 0 Å². The van der Waals surface area contributed by atoms with Crippen molar-refractivity contribution in [1.82, 2.24) is 10.6 Å². The van der Waals surface area contributed by atoms with Crippen molar-refractivity contribution in [3.05, 3.63) is 0 Å². The molecule has 17 heavy (non-hydrogen) atoms. The highest BCUT2D eigenvalue weighted by Gasteiger charge is 2.35. The maximum Gasteiger partial charge on any atom is 0.227 e. The average molecular weight is 240 g/mol. The summed E-state index contributed by atoms with van der Waals surface area (Å²) in [6.07, 6.45) is 4.35. The van der Waals surface area contributed by atoms with E-state index in [1.807, 2.05) is 0 Å². The van der Waals surface area contributed by atoms with Crippen LogP contribution in [0.25, 0.3) is 0 Å². The van der Waals surface area contributed by atoms with Crippen LogP contribution in [0.3, 0.4) is 0 Å². The van der Waals surface area contributed by atoms with Crippen LogP contribution in [-0.2, 0) is 9.53 Å². The number of hydrogen-bond donors (Lipinski definition) is 2. The summed E-state index contributed by atoms with van der Waals surface area (Å²) in [5, 5.41) is 6.35. The molecule has 1 atom stereocenters. The highest BCUT2D eigenvalue weighted by molar-refractivity contribution is 5.82. The molecule has 2 fully saturated rings. The fourth-order valence-electron chi connectivity index (χ4n) is 2.65. The molecule has 1 amide bonds. The second-order valence-corrected chi connectivity index (χ2v) is 5.59. The van der Waals surface area contributed by atoms with Gasteiger partial charge in [-0.1, -0.05) is 0 Å². The third-order valence-electron chi connectivity index (χ3n) is 4.10. The zero-order valence-corrected chi connectivity index (χ0v) is 10.8. The van der Waals surface area contributed by atoms with E-state index < -0.39 is 0 Å². The second kappa shape index (κ2) is 5.83. The minimum absolute atomic E-state index is 0.185. The molecule has 2 aliphatic rings. The molecular weight excluding hydrogens is 216 g/mol. The van der Waals surface area contributed by atoms with E-state index >= 15 is 0 Å². The topological polar surface area (TPSA) is 50.4 Å². The molecule has 0 saturated carbocycles. The third kappa shape index (κ3) is 3.42. The lowest BCUT2D eigenvalue weighted by Gasteiger charge is -2.24. The van der Waals surface area contributed by atoms with E-state index in [1.165, 1.54) is 0 Å². The summed E-state index contributed by atoms with van der Waals surface area (Å²) in [5.41, 5.74) is -0.185. The van der Waals surface area contributed by atoms with Crippen LogP contribution in [0.15, 0.2) is 0 Å². The van der Waals surface area contributed by atoms with Crippen molar-refractivity contribution in [2.75, 3.05) is 32.8 Å². The van der Waals surface area contributed by atoms with Gasteiger partial charge >= 0.3 is 0 Å². The van der Waals surface area contributed by atoms with Gasteiger partial charge in [0.2, 0.25) is 5.91 Å². The molecule has 0 aromatic rings. The first-order valence-corrected chi connectivity index (χ1v) is 6.77. The highest BCUT2D eigenvalue weighted by Crippen LogP contribution is 2.24. The molecular formula is C13H24N2O2. The zero-order chi connectivity index (χ0) is 12.1. The normalized spacial score (nSPS) is 30.4. The predicted molar refractivity (Wildman–Crippen MR) is 66.8 cm³/mol. The van der Waals surface area contributed by atoms with Crippen LogP contribution in [0.4, 0.5) is 0 Å². The summed E-state index contributed by atoms with van der Waals surface area (Å²) >= 11 is 0. The molecule has 98 valence electrons. The Hall–Kier alpha value is -0.610. The van der Waals surface area contributed by atoms with Gasteiger partial charge in [0.15, 0.2) is 0 Å². The van der Waals surface area contributed by atoms with Crippen molar-refractivity contribution < 1.29 is 9.53 Å². The van der Waals surface area contributed by atoms with Gasteiger partial charge in [0.05, 0.1) is 5.41 Å². The monoisotopic (exact) mass is 240 g/mol. The van der Waals surface area contributed by atoms with Gasteiger partial charge in [-0.2, -0.15) is 0 Å². The molecule has 0 aliphatic carbocycles. The van der Waals surface area contributed by atoms with Gasteiger partial charge in [-0.25, -0.2) is 0 Å². The van der Waals surface area contributed by atoms with Gasteiger partial charge in [0.25, 0.3) is 0 Å². The molecule has 2 N–H and O–H groups in total. The molecule has 0 bridgehead atoms. The van der Waals surface area contributed by atoms with E-state index in [4.69, 9.17) is 4.74 Å². The molecule has 1 unspecified atom stereocenters. The predicted octanol–water partition coefficient (Wildman–Crippen LogP) is 0.919. The molecule has 0 radical (unpaired) electrons. The fourth-order valence-corrected chi connectivity index (χ4v) is 2.65. The number of carbonyl (C=O) groups excluding carboxylic acids is 1. The minimum Gasteiger partial charge on any atom is -0.381 e. The molecule has 0 aromatic heterocycles. The van der Waals surface area contributed by atoms with Gasteiger partial charge in [-0.15, -0.1) is 0 Å². The van der Waals surface area contributed by atoms with Crippen molar-refractivity contribution in [3.8, 4) is 0 Å². The first-order valence-electron chi connectivity index (χ1n) is 6.77. The molecule has 2 saturated heterocycles. The first-order chi connectivity index (χ1) is 8.21. The maximum atomic E-state index is 12.0. The Morgan fingerprint density at radius 1 is 1.47 bits per heavy atom. The molecule has 4 heteroatoms. The molecule has 2 heterocycles. The van der Waals surface area contributed by atoms with Gasteiger partial charge in [-0.05, 0) is 45.1 Å². The van der Waals surface area contributed by atoms with Crippen molar-refractivity contribution in [2.45, 2.75) is 32.6 Å². The molecule has 0 aromatic carbocycles. The van der Waals surface area contributed by atoms with Crippen molar-refractivity contribution in [2.24, 2.45) is 11.3 Å². The van der Waals surface area contributed by atoms with E-state index in [-0.39, 0.29) is 11.3 Å². The summed E-state index contributed by atoms with van der Waals surface area (Å²) < 4.78 is 5.33. The lowest BCUT2D eigenvalue weighted by atomic mass is 9.88. The van der Waals surface area contributed by atoms with Crippen LogP contribution >= 0.6 is 0 Å². The number of amides is 1. The molecule has 2 aliphatic heterocycles. The third-order valence-corrected chi connectivity index (χ3v) is 4.10. The summed E-state index contributed by atoms with van der Waals surface area (Å²) in [5.74, 6) is 0.952. The Kier molecular flexibility index (Phi) is 4.40. The quantitative estimate of drug-likeness (QED) is 0.768. The zero-order valence-electron chi connectivity index (χ0n) is 10.8. The standard InChI is InChI=1S/C13H24N2O2/c1-13(5-7-14-10-13)12(16)15-6-2-11-3-8-17-9-4-11/h11,14H,2-10H2,1H3,(H,15,16). The van der Waals surface area contributed by atoms with E-state index in [0.29, 0.717) is 0 Å². The van der Waals surface area contributed by atoms with Crippen LogP contribution < -0.4 is 10.6 Å². The SMILES string of the molecule is CC1(C(=O)NCCC2CCOCC2)CCNC1. The number of rotatable bonds is 4. The number of carbonyl (C=O) groups is 1. The van der Waals surface area contributed by atoms with Crippen LogP contribution in [0.2, 0.25) is 0 Å². The smallest absolute Gasteiger partial charge is 0.227 e. The van der Waals surface area contributed by atoms with E-state index in [1.54, 1.807) is 0 Å². The number of ether oxygens (including phenoxy) is 1. The molecule has 4 nitrogen and oxygen atoms in total. The lowest BCUT2D eigenvalue weighted by molar-refractivity contribution is -0.129. The minimum atomic E-state index is -0.185. The summed E-state index contributed by atoms with van der Waals surface area (Å²) in [7, 11) is 0. The van der Waals surface area contributed by atoms with Crippen molar-refractivity contribution in [3.63, 3.8) is 0 Å². The Morgan fingerprint density at radius 3 is 2.88 bits per heavy atom. The fraction of sp³-hybridized carbons (Fsp3) is 0.923. The van der Waals surface area contributed by atoms with Crippen LogP contribution in [0.5, 0.6) is 0 Å². The Bertz CT molecular complexity index is 256. The summed E-state index contributed by atoms with van der Waals surface area (Å²) in [6.45, 7) is 6.43. The van der Waals surface area contributed by atoms with E-state index in [9.17, 15) is 4.79 Å². The van der Waals surface area contributed by atoms with Gasteiger partial charge in [0, 0.05) is 26.3 Å². The van der Waals surface area contributed by atoms with Gasteiger partial charge in [0.1, 0.15) is 0 Å². The Morgan fingerprint density at radius 2 is 2.24 bits per heavy atom. The van der Waals surface area contributed by atoms with E-state index in [0.717, 1.165) is 64.4 Å². The summed E-state index contributed by atoms with van der Waals surface area (Å²) in [6, 6.07) is 0. The van der Waals surface area contributed by atoms with Crippen LogP contribution in [0, 0.1) is 11.3 Å². The number of hydrogen-bond acceptors (Lipinski definition) is 3. The maximum absolute atomic E-state index is 12.0. The molecule has 0 spiro atoms. The van der Waals surface area contributed by atoms with Crippen LogP contribution in [0.1, 0.15) is 32.6 Å². The van der Waals surface area contributed by atoms with E-state index in [2.05, 4.69) is 17.6 Å². The average Bonchev–Trinajstić information content (AvgIpc) is 2.79. The lowest BCUT2D eigenvalue weighted by Crippen LogP contribution is -2.41. The highest BCUT2D eigenvalue weighted by atomic mass is 16.5. The van der Waals surface area contributed by atoms with Gasteiger partial charge < -0.3 is 15.4 Å². The Balaban J connectivity index is 1.65. The first kappa shape index (κ1) is 12.8. The second-order valence-electron chi connectivity index (χ2n) is 5.59. The molecule has 2 rings (SSSR count). The largest absolute Gasteiger partial charge is 0.381 e. The Labute approximate surface area is 103 Å². The van der Waals surface area contributed by atoms with Crippen LogP contribution in [-0.4, -0.2) is 38.8 Å². The summed E-state index contributed by atoms with van der Waals surface area (Å²) in [4.78, 5) is 12.0. The number of nitrogens with one attached hydrogen (secondary N) is 2. The van der Waals surface area contributed by atoms with Crippen molar-refractivity contribution >= 4 is 5.91 Å².